The second-order valence-corrected chi connectivity index (χ2v) is 4.83. The fourth-order valence-corrected chi connectivity index (χ4v) is 2.27. The van der Waals surface area contributed by atoms with E-state index in [4.69, 9.17) is 20.9 Å². The van der Waals surface area contributed by atoms with E-state index < -0.39 is 0 Å². The van der Waals surface area contributed by atoms with Crippen molar-refractivity contribution in [2.24, 2.45) is 0 Å². The molecular formula is C13H13ClN2O2. The van der Waals surface area contributed by atoms with E-state index in [0.29, 0.717) is 23.3 Å². The van der Waals surface area contributed by atoms with Gasteiger partial charge in [0.05, 0.1) is 17.2 Å². The van der Waals surface area contributed by atoms with Gasteiger partial charge in [-0.3, -0.25) is 0 Å². The zero-order chi connectivity index (χ0) is 12.5. The number of nitrogens with zero attached hydrogens (tertiary/aromatic N) is 2. The molecular weight excluding hydrogens is 252 g/mol. The maximum absolute atomic E-state index is 6.24. The maximum atomic E-state index is 6.24. The molecule has 0 unspecified atom stereocenters. The molecule has 0 aliphatic carbocycles. The Labute approximate surface area is 110 Å². The highest BCUT2D eigenvalue weighted by Crippen LogP contribution is 2.31. The molecule has 94 valence electrons. The van der Waals surface area contributed by atoms with Crippen LogP contribution >= 0.6 is 11.6 Å². The van der Waals surface area contributed by atoms with Crippen molar-refractivity contribution in [2.45, 2.75) is 19.3 Å². The van der Waals surface area contributed by atoms with Crippen LogP contribution in [0.3, 0.4) is 0 Å². The average Bonchev–Trinajstić information content (AvgIpc) is 3.01. The van der Waals surface area contributed by atoms with Gasteiger partial charge < -0.3 is 9.26 Å². The van der Waals surface area contributed by atoms with Crippen LogP contribution in [-0.2, 0) is 4.74 Å². The molecule has 1 saturated heterocycles. The lowest BCUT2D eigenvalue weighted by Gasteiger charge is -2.01. The van der Waals surface area contributed by atoms with Crippen LogP contribution in [0.2, 0.25) is 5.02 Å². The molecule has 3 rings (SSSR count). The van der Waals surface area contributed by atoms with E-state index in [1.807, 2.05) is 25.1 Å². The summed E-state index contributed by atoms with van der Waals surface area (Å²) >= 11 is 6.24. The van der Waals surface area contributed by atoms with E-state index in [-0.39, 0.29) is 5.92 Å². The van der Waals surface area contributed by atoms with E-state index in [1.165, 1.54) is 0 Å². The summed E-state index contributed by atoms with van der Waals surface area (Å²) in [6.07, 6.45) is 0.945. The van der Waals surface area contributed by atoms with Crippen LogP contribution in [0, 0.1) is 6.92 Å². The van der Waals surface area contributed by atoms with Crippen LogP contribution < -0.4 is 0 Å². The van der Waals surface area contributed by atoms with Gasteiger partial charge in [0.15, 0.2) is 5.82 Å². The predicted octanol–water partition coefficient (Wildman–Crippen LogP) is 3.20. The molecule has 1 aromatic heterocycles. The average molecular weight is 265 g/mol. The number of halogens is 1. The fraction of sp³-hybridized carbons (Fsp3) is 0.385. The molecule has 18 heavy (non-hydrogen) atoms. The smallest absolute Gasteiger partial charge is 0.259 e. The summed E-state index contributed by atoms with van der Waals surface area (Å²) in [6, 6.07) is 5.77. The summed E-state index contributed by atoms with van der Waals surface area (Å²) in [5.41, 5.74) is 1.78. The zero-order valence-corrected chi connectivity index (χ0v) is 10.8. The quantitative estimate of drug-likeness (QED) is 0.836. The Kier molecular flexibility index (Phi) is 3.06. The molecule has 0 radical (unpaired) electrons. The summed E-state index contributed by atoms with van der Waals surface area (Å²) in [7, 11) is 0. The Hall–Kier alpha value is -1.39. The van der Waals surface area contributed by atoms with Gasteiger partial charge in [0.2, 0.25) is 0 Å². The van der Waals surface area contributed by atoms with Gasteiger partial charge in [-0.15, -0.1) is 0 Å². The van der Waals surface area contributed by atoms with Crippen molar-refractivity contribution in [1.82, 2.24) is 10.1 Å². The van der Waals surface area contributed by atoms with E-state index in [2.05, 4.69) is 10.1 Å². The van der Waals surface area contributed by atoms with Crippen LogP contribution in [0.15, 0.2) is 22.7 Å². The first kappa shape index (κ1) is 11.7. The zero-order valence-electron chi connectivity index (χ0n) is 10.0. The summed E-state index contributed by atoms with van der Waals surface area (Å²) in [5.74, 6) is 1.43. The van der Waals surface area contributed by atoms with E-state index >= 15 is 0 Å². The molecule has 1 fully saturated rings. The molecule has 0 bridgehead atoms. The number of rotatable bonds is 2. The minimum absolute atomic E-state index is 0.242. The predicted molar refractivity (Wildman–Crippen MR) is 67.7 cm³/mol. The number of hydrogen-bond donors (Lipinski definition) is 0. The van der Waals surface area contributed by atoms with Crippen molar-refractivity contribution in [2.75, 3.05) is 13.2 Å². The lowest BCUT2D eigenvalue weighted by atomic mass is 10.1. The highest BCUT2D eigenvalue weighted by molar-refractivity contribution is 6.33. The third kappa shape index (κ3) is 2.02. The van der Waals surface area contributed by atoms with Gasteiger partial charge in [-0.1, -0.05) is 28.9 Å². The molecule has 5 heteroatoms. The standard InChI is InChI=1S/C13H13ClN2O2/c1-8-3-2-4-10(11(8)14)13-15-12(16-18-13)9-5-6-17-7-9/h2-4,9H,5-7H2,1H3/t9-/m1/s1. The molecule has 1 aliphatic heterocycles. The molecule has 2 aromatic rings. The molecule has 4 nitrogen and oxygen atoms in total. The lowest BCUT2D eigenvalue weighted by Crippen LogP contribution is -1.99. The van der Waals surface area contributed by atoms with Gasteiger partial charge in [0, 0.05) is 12.5 Å². The molecule has 1 aliphatic rings. The summed E-state index contributed by atoms with van der Waals surface area (Å²) in [5, 5.41) is 4.68. The monoisotopic (exact) mass is 264 g/mol. The maximum Gasteiger partial charge on any atom is 0.259 e. The number of ether oxygens (including phenoxy) is 1. The van der Waals surface area contributed by atoms with Gasteiger partial charge in [0.25, 0.3) is 5.89 Å². The molecule has 0 spiro atoms. The van der Waals surface area contributed by atoms with Crippen LogP contribution in [0.1, 0.15) is 23.7 Å². The summed E-state index contributed by atoms with van der Waals surface area (Å²) in [4.78, 5) is 4.42. The van der Waals surface area contributed by atoms with Crippen molar-refractivity contribution < 1.29 is 9.26 Å². The number of aromatic nitrogens is 2. The Morgan fingerprint density at radius 2 is 2.28 bits per heavy atom. The first-order valence-corrected chi connectivity index (χ1v) is 6.30. The van der Waals surface area contributed by atoms with Crippen LogP contribution in [0.4, 0.5) is 0 Å². The molecule has 0 saturated carbocycles. The minimum Gasteiger partial charge on any atom is -0.381 e. The first-order valence-electron chi connectivity index (χ1n) is 5.92. The molecule has 0 amide bonds. The Morgan fingerprint density at radius 3 is 3.06 bits per heavy atom. The lowest BCUT2D eigenvalue weighted by molar-refractivity contribution is 0.192. The van der Waals surface area contributed by atoms with Crippen LogP contribution in [0.5, 0.6) is 0 Å². The SMILES string of the molecule is Cc1cccc(-c2nc([C@@H]3CCOC3)no2)c1Cl. The van der Waals surface area contributed by atoms with E-state index in [9.17, 15) is 0 Å². The highest BCUT2D eigenvalue weighted by Gasteiger charge is 2.24. The third-order valence-electron chi connectivity index (χ3n) is 3.16. The third-order valence-corrected chi connectivity index (χ3v) is 3.66. The Morgan fingerprint density at radius 1 is 1.39 bits per heavy atom. The second-order valence-electron chi connectivity index (χ2n) is 4.45. The van der Waals surface area contributed by atoms with Crippen LogP contribution in [0.25, 0.3) is 11.5 Å². The normalized spacial score (nSPS) is 19.3. The van der Waals surface area contributed by atoms with Crippen molar-refractivity contribution >= 4 is 11.6 Å². The van der Waals surface area contributed by atoms with Crippen molar-refractivity contribution in [3.63, 3.8) is 0 Å². The van der Waals surface area contributed by atoms with Crippen molar-refractivity contribution in [1.29, 1.82) is 0 Å². The molecule has 2 heterocycles. The topological polar surface area (TPSA) is 48.2 Å². The number of benzene rings is 1. The van der Waals surface area contributed by atoms with Gasteiger partial charge in [-0.2, -0.15) is 4.98 Å². The molecule has 0 N–H and O–H groups in total. The van der Waals surface area contributed by atoms with E-state index in [1.54, 1.807) is 0 Å². The molecule has 1 atom stereocenters. The minimum atomic E-state index is 0.242. The summed E-state index contributed by atoms with van der Waals surface area (Å²) in [6.45, 7) is 3.38. The van der Waals surface area contributed by atoms with Gasteiger partial charge in [-0.25, -0.2) is 0 Å². The Balaban J connectivity index is 1.95. The first-order chi connectivity index (χ1) is 8.75. The van der Waals surface area contributed by atoms with Gasteiger partial charge >= 0.3 is 0 Å². The largest absolute Gasteiger partial charge is 0.381 e. The van der Waals surface area contributed by atoms with Gasteiger partial charge in [-0.05, 0) is 25.0 Å². The Bertz CT molecular complexity index is 562. The fourth-order valence-electron chi connectivity index (χ4n) is 2.06. The van der Waals surface area contributed by atoms with Gasteiger partial charge in [0.1, 0.15) is 0 Å². The van der Waals surface area contributed by atoms with Crippen molar-refractivity contribution in [3.05, 3.63) is 34.6 Å². The van der Waals surface area contributed by atoms with E-state index in [0.717, 1.165) is 24.2 Å². The highest BCUT2D eigenvalue weighted by atomic mass is 35.5. The number of hydrogen-bond acceptors (Lipinski definition) is 4. The number of aryl methyl sites for hydroxylation is 1. The van der Waals surface area contributed by atoms with Crippen molar-refractivity contribution in [3.8, 4) is 11.5 Å². The second kappa shape index (κ2) is 4.71. The van der Waals surface area contributed by atoms with Crippen LogP contribution in [-0.4, -0.2) is 23.4 Å². The molecule has 1 aromatic carbocycles. The summed E-state index contributed by atoms with van der Waals surface area (Å²) < 4.78 is 10.6.